The Morgan fingerprint density at radius 1 is 1.00 bits per heavy atom. The highest BCUT2D eigenvalue weighted by Gasteiger charge is 2.06. The number of quaternary nitrogens is 1. The molecule has 0 aromatic heterocycles. The summed E-state index contributed by atoms with van der Waals surface area (Å²) in [5, 5.41) is 0. The van der Waals surface area contributed by atoms with Gasteiger partial charge in [0.25, 0.3) is 0 Å². The molecule has 24 heavy (non-hydrogen) atoms. The van der Waals surface area contributed by atoms with Gasteiger partial charge in [0.15, 0.2) is 0 Å². The topological polar surface area (TPSA) is 38.7 Å². The van der Waals surface area contributed by atoms with Crippen molar-refractivity contribution in [3.63, 3.8) is 0 Å². The van der Waals surface area contributed by atoms with E-state index in [0.717, 1.165) is 22.3 Å². The van der Waals surface area contributed by atoms with Crippen molar-refractivity contribution in [2.24, 2.45) is 4.99 Å². The Kier molecular flexibility index (Phi) is 8.44. The predicted molar refractivity (Wildman–Crippen MR) is 99.7 cm³/mol. The van der Waals surface area contributed by atoms with E-state index in [-0.39, 0.29) is 5.97 Å². The molecule has 0 aliphatic carbocycles. The van der Waals surface area contributed by atoms with Gasteiger partial charge in [0.1, 0.15) is 13.2 Å². The van der Waals surface area contributed by atoms with Crippen LogP contribution < -0.4 is 0 Å². The van der Waals surface area contributed by atoms with Crippen LogP contribution in [-0.2, 0) is 9.53 Å². The molecule has 0 saturated carbocycles. The Hall–Kier alpha value is -2.46. The van der Waals surface area contributed by atoms with Gasteiger partial charge in [0, 0.05) is 13.1 Å². The second-order valence-electron chi connectivity index (χ2n) is 6.36. The van der Waals surface area contributed by atoms with Crippen LogP contribution >= 0.6 is 0 Å². The van der Waals surface area contributed by atoms with Crippen LogP contribution in [0.2, 0.25) is 0 Å². The summed E-state index contributed by atoms with van der Waals surface area (Å²) >= 11 is 0. The van der Waals surface area contributed by atoms with Crippen LogP contribution in [0.15, 0.2) is 65.7 Å². The molecule has 0 aliphatic rings. The number of ether oxygens (including phenoxy) is 1. The standard InChI is InChI=1S/C13H11N.C7H16NO2/c1-3-7-12(8-4-1)11-14-13-9-5-2-6-10-13;1-7(9)10-6-5-8(2,3)4/h1-11H;5-6H2,1-4H3/q;+1. The molecule has 0 fully saturated rings. The fourth-order valence-corrected chi connectivity index (χ4v) is 1.67. The summed E-state index contributed by atoms with van der Waals surface area (Å²) < 4.78 is 5.59. The highest BCUT2D eigenvalue weighted by atomic mass is 16.5. The van der Waals surface area contributed by atoms with E-state index in [1.54, 1.807) is 0 Å². The van der Waals surface area contributed by atoms with Crippen molar-refractivity contribution in [1.82, 2.24) is 0 Å². The molecule has 0 unspecified atom stereocenters. The highest BCUT2D eigenvalue weighted by Crippen LogP contribution is 2.09. The van der Waals surface area contributed by atoms with Crippen LogP contribution in [0.4, 0.5) is 5.69 Å². The fourth-order valence-electron chi connectivity index (χ4n) is 1.67. The molecule has 0 radical (unpaired) electrons. The van der Waals surface area contributed by atoms with E-state index >= 15 is 0 Å². The molecule has 2 rings (SSSR count). The van der Waals surface area contributed by atoms with E-state index in [1.165, 1.54) is 6.92 Å². The number of para-hydroxylation sites is 1. The SMILES string of the molecule is C(=Nc1ccccc1)c1ccccc1.CC(=O)OCC[N+](C)(C)C. The number of hydrogen-bond acceptors (Lipinski definition) is 3. The summed E-state index contributed by atoms with van der Waals surface area (Å²) in [5.74, 6) is -0.201. The maximum atomic E-state index is 10.3. The van der Waals surface area contributed by atoms with E-state index in [1.807, 2.05) is 66.9 Å². The third-order valence-electron chi connectivity index (χ3n) is 2.99. The largest absolute Gasteiger partial charge is 0.460 e. The van der Waals surface area contributed by atoms with E-state index in [4.69, 9.17) is 4.74 Å². The normalized spacial score (nSPS) is 10.8. The molecule has 0 saturated heterocycles. The lowest BCUT2D eigenvalue weighted by Crippen LogP contribution is -2.37. The average molecular weight is 327 g/mol. The van der Waals surface area contributed by atoms with Crippen LogP contribution in [0.25, 0.3) is 0 Å². The zero-order valence-corrected chi connectivity index (χ0v) is 15.0. The number of carbonyl (C=O) groups is 1. The third-order valence-corrected chi connectivity index (χ3v) is 2.99. The summed E-state index contributed by atoms with van der Waals surface area (Å²) in [4.78, 5) is 14.7. The number of nitrogens with zero attached hydrogens (tertiary/aromatic N) is 2. The van der Waals surface area contributed by atoms with Crippen molar-refractivity contribution in [1.29, 1.82) is 0 Å². The number of benzene rings is 2. The lowest BCUT2D eigenvalue weighted by atomic mass is 10.2. The van der Waals surface area contributed by atoms with Gasteiger partial charge in [0.05, 0.1) is 26.8 Å². The molecule has 0 heterocycles. The maximum Gasteiger partial charge on any atom is 0.302 e. The number of carbonyl (C=O) groups excluding carboxylic acids is 1. The van der Waals surface area contributed by atoms with Crippen molar-refractivity contribution in [3.8, 4) is 0 Å². The Morgan fingerprint density at radius 2 is 1.54 bits per heavy atom. The first-order chi connectivity index (χ1) is 11.4. The van der Waals surface area contributed by atoms with Crippen molar-refractivity contribution < 1.29 is 14.0 Å². The van der Waals surface area contributed by atoms with Gasteiger partial charge in [0.2, 0.25) is 0 Å². The lowest BCUT2D eigenvalue weighted by Gasteiger charge is -2.23. The molecule has 128 valence electrons. The van der Waals surface area contributed by atoms with Gasteiger partial charge >= 0.3 is 5.97 Å². The quantitative estimate of drug-likeness (QED) is 0.477. The average Bonchev–Trinajstić information content (AvgIpc) is 2.54. The molecular weight excluding hydrogens is 300 g/mol. The minimum absolute atomic E-state index is 0.201. The van der Waals surface area contributed by atoms with Crippen LogP contribution in [0, 0.1) is 0 Å². The number of esters is 1. The van der Waals surface area contributed by atoms with Crippen molar-refractivity contribution in [3.05, 3.63) is 66.2 Å². The molecule has 4 heteroatoms. The summed E-state index contributed by atoms with van der Waals surface area (Å²) in [7, 11) is 6.18. The Bertz CT molecular complexity index is 576. The van der Waals surface area contributed by atoms with Crippen LogP contribution in [0.5, 0.6) is 0 Å². The molecule has 2 aromatic rings. The van der Waals surface area contributed by atoms with E-state index in [0.29, 0.717) is 6.61 Å². The molecule has 2 aromatic carbocycles. The summed E-state index contributed by atoms with van der Waals surface area (Å²) in [6, 6.07) is 20.0. The lowest BCUT2D eigenvalue weighted by molar-refractivity contribution is -0.870. The van der Waals surface area contributed by atoms with Gasteiger partial charge < -0.3 is 9.22 Å². The molecule has 0 N–H and O–H groups in total. The van der Waals surface area contributed by atoms with Crippen molar-refractivity contribution >= 4 is 17.9 Å². The molecule has 0 bridgehead atoms. The third kappa shape index (κ3) is 10.3. The van der Waals surface area contributed by atoms with Crippen LogP contribution in [0.1, 0.15) is 12.5 Å². The fraction of sp³-hybridized carbons (Fsp3) is 0.300. The zero-order chi connectivity index (χ0) is 17.8. The van der Waals surface area contributed by atoms with Crippen LogP contribution in [0.3, 0.4) is 0 Å². The molecule has 0 spiro atoms. The Balaban J connectivity index is 0.000000257. The maximum absolute atomic E-state index is 10.3. The van der Waals surface area contributed by atoms with Gasteiger partial charge in [-0.25, -0.2) is 0 Å². The first-order valence-electron chi connectivity index (χ1n) is 7.95. The van der Waals surface area contributed by atoms with Gasteiger partial charge in [-0.3, -0.25) is 9.79 Å². The molecule has 0 aliphatic heterocycles. The van der Waals surface area contributed by atoms with Crippen LogP contribution in [-0.4, -0.2) is 51.0 Å². The number of rotatable bonds is 5. The first kappa shape index (κ1) is 19.6. The molecule has 0 amide bonds. The monoisotopic (exact) mass is 327 g/mol. The van der Waals surface area contributed by atoms with E-state index in [2.05, 4.69) is 26.1 Å². The molecule has 0 atom stereocenters. The van der Waals surface area contributed by atoms with Crippen molar-refractivity contribution in [2.45, 2.75) is 6.92 Å². The summed E-state index contributed by atoms with van der Waals surface area (Å²) in [6.07, 6.45) is 1.87. The van der Waals surface area contributed by atoms with Gasteiger partial charge in [-0.2, -0.15) is 0 Å². The minimum Gasteiger partial charge on any atom is -0.460 e. The van der Waals surface area contributed by atoms with Gasteiger partial charge in [-0.15, -0.1) is 0 Å². The summed E-state index contributed by atoms with van der Waals surface area (Å²) in [6.45, 7) is 2.80. The molecule has 4 nitrogen and oxygen atoms in total. The number of likely N-dealkylation sites (N-methyl/N-ethyl adjacent to an activating group) is 1. The van der Waals surface area contributed by atoms with Gasteiger partial charge in [-0.05, 0) is 17.7 Å². The summed E-state index contributed by atoms with van der Waals surface area (Å²) in [5.41, 5.74) is 2.10. The first-order valence-corrected chi connectivity index (χ1v) is 7.95. The zero-order valence-electron chi connectivity index (χ0n) is 15.0. The minimum atomic E-state index is -0.201. The molecular formula is C20H27N2O2+. The Labute approximate surface area is 145 Å². The van der Waals surface area contributed by atoms with Gasteiger partial charge in [-0.1, -0.05) is 48.5 Å². The number of hydrogen-bond donors (Lipinski definition) is 0. The van der Waals surface area contributed by atoms with E-state index < -0.39 is 0 Å². The second-order valence-corrected chi connectivity index (χ2v) is 6.36. The van der Waals surface area contributed by atoms with Crippen molar-refractivity contribution in [2.75, 3.05) is 34.3 Å². The smallest absolute Gasteiger partial charge is 0.302 e. The Morgan fingerprint density at radius 3 is 2.04 bits per heavy atom. The number of aliphatic imine (C=N–C) groups is 1. The van der Waals surface area contributed by atoms with E-state index in [9.17, 15) is 4.79 Å². The second kappa shape index (κ2) is 10.3. The highest BCUT2D eigenvalue weighted by molar-refractivity contribution is 5.81. The predicted octanol–water partition coefficient (Wildman–Crippen LogP) is 3.69.